The molecule has 0 amide bonds. The van der Waals surface area contributed by atoms with Gasteiger partial charge in [0.1, 0.15) is 0 Å². The molecule has 80 valence electrons. The molecule has 0 aromatic heterocycles. The van der Waals surface area contributed by atoms with Crippen LogP contribution in [0.1, 0.15) is 57.8 Å². The van der Waals surface area contributed by atoms with Gasteiger partial charge < -0.3 is 5.11 Å². The molecule has 0 aromatic carbocycles. The lowest BCUT2D eigenvalue weighted by atomic mass is 9.90. The van der Waals surface area contributed by atoms with Gasteiger partial charge in [-0.1, -0.05) is 24.5 Å². The van der Waals surface area contributed by atoms with Crippen LogP contribution in [0.5, 0.6) is 0 Å². The van der Waals surface area contributed by atoms with Crippen molar-refractivity contribution < 1.29 is 5.11 Å². The van der Waals surface area contributed by atoms with Crippen molar-refractivity contribution in [3.8, 4) is 0 Å². The van der Waals surface area contributed by atoms with Gasteiger partial charge in [-0.15, -0.1) is 0 Å². The first-order chi connectivity index (χ1) is 6.86. The monoisotopic (exact) mass is 194 g/mol. The van der Waals surface area contributed by atoms with Gasteiger partial charge >= 0.3 is 0 Å². The minimum absolute atomic E-state index is 0.0400. The van der Waals surface area contributed by atoms with Gasteiger partial charge in [-0.3, -0.25) is 0 Å². The maximum Gasteiger partial charge on any atom is 0.0605 e. The van der Waals surface area contributed by atoms with Crippen LogP contribution in [0.2, 0.25) is 0 Å². The summed E-state index contributed by atoms with van der Waals surface area (Å²) >= 11 is 0. The molecule has 2 rings (SSSR count). The minimum Gasteiger partial charge on any atom is -0.393 e. The van der Waals surface area contributed by atoms with Crippen molar-refractivity contribution in [2.24, 2.45) is 5.92 Å². The number of hydrogen-bond donors (Lipinski definition) is 1. The maximum atomic E-state index is 10.1. The van der Waals surface area contributed by atoms with Gasteiger partial charge in [0.15, 0.2) is 0 Å². The van der Waals surface area contributed by atoms with Crippen LogP contribution >= 0.6 is 0 Å². The summed E-state index contributed by atoms with van der Waals surface area (Å²) in [6.45, 7) is 0. The molecule has 1 unspecified atom stereocenters. The van der Waals surface area contributed by atoms with Gasteiger partial charge in [0.2, 0.25) is 0 Å². The second-order valence-corrected chi connectivity index (χ2v) is 4.92. The van der Waals surface area contributed by atoms with E-state index >= 15 is 0 Å². The van der Waals surface area contributed by atoms with Crippen molar-refractivity contribution in [3.63, 3.8) is 0 Å². The predicted molar refractivity (Wildman–Crippen MR) is 59.1 cm³/mol. The van der Waals surface area contributed by atoms with E-state index < -0.39 is 0 Å². The quantitative estimate of drug-likeness (QED) is 0.682. The molecule has 14 heavy (non-hydrogen) atoms. The Kier molecular flexibility index (Phi) is 3.63. The largest absolute Gasteiger partial charge is 0.393 e. The summed E-state index contributed by atoms with van der Waals surface area (Å²) in [5.41, 5.74) is 1.52. The molecule has 0 radical (unpaired) electrons. The highest BCUT2D eigenvalue weighted by molar-refractivity contribution is 5.06. The molecule has 1 fully saturated rings. The first-order valence-electron chi connectivity index (χ1n) is 6.22. The SMILES string of the molecule is OC(CC1=CCCCC1)C1CCCC1. The van der Waals surface area contributed by atoms with E-state index in [1.165, 1.54) is 56.9 Å². The predicted octanol–water partition coefficient (Wildman–Crippen LogP) is 3.43. The van der Waals surface area contributed by atoms with E-state index in [1.54, 1.807) is 0 Å². The van der Waals surface area contributed by atoms with E-state index in [0.29, 0.717) is 5.92 Å². The van der Waals surface area contributed by atoms with Crippen LogP contribution in [0.15, 0.2) is 11.6 Å². The highest BCUT2D eigenvalue weighted by Crippen LogP contribution is 2.32. The second kappa shape index (κ2) is 4.97. The molecular weight excluding hydrogens is 172 g/mol. The Bertz CT molecular complexity index is 201. The van der Waals surface area contributed by atoms with Crippen LogP contribution in [0.4, 0.5) is 0 Å². The first kappa shape index (κ1) is 10.2. The number of aliphatic hydroxyl groups is 1. The fraction of sp³-hybridized carbons (Fsp3) is 0.846. The Morgan fingerprint density at radius 3 is 2.64 bits per heavy atom. The van der Waals surface area contributed by atoms with Crippen LogP contribution in [0.3, 0.4) is 0 Å². The molecule has 0 spiro atoms. The Morgan fingerprint density at radius 2 is 2.00 bits per heavy atom. The summed E-state index contributed by atoms with van der Waals surface area (Å²) in [7, 11) is 0. The topological polar surface area (TPSA) is 20.2 Å². The van der Waals surface area contributed by atoms with E-state index in [4.69, 9.17) is 0 Å². The van der Waals surface area contributed by atoms with Crippen molar-refractivity contribution in [2.45, 2.75) is 63.9 Å². The summed E-state index contributed by atoms with van der Waals surface area (Å²) in [5, 5.41) is 10.1. The third-order valence-electron chi connectivity index (χ3n) is 3.80. The molecule has 0 saturated heterocycles. The Labute approximate surface area is 87.2 Å². The molecule has 0 aromatic rings. The highest BCUT2D eigenvalue weighted by Gasteiger charge is 2.23. The van der Waals surface area contributed by atoms with Gasteiger partial charge in [0, 0.05) is 0 Å². The summed E-state index contributed by atoms with van der Waals surface area (Å²) in [6, 6.07) is 0. The number of hydrogen-bond acceptors (Lipinski definition) is 1. The lowest BCUT2D eigenvalue weighted by Gasteiger charge is -2.21. The van der Waals surface area contributed by atoms with Crippen LogP contribution in [-0.2, 0) is 0 Å². The molecule has 1 heteroatoms. The lowest BCUT2D eigenvalue weighted by molar-refractivity contribution is 0.109. The summed E-state index contributed by atoms with van der Waals surface area (Å²) in [6.07, 6.45) is 13.6. The Morgan fingerprint density at radius 1 is 1.21 bits per heavy atom. The maximum absolute atomic E-state index is 10.1. The number of rotatable bonds is 3. The smallest absolute Gasteiger partial charge is 0.0605 e. The molecule has 0 aliphatic heterocycles. The molecule has 0 bridgehead atoms. The zero-order chi connectivity index (χ0) is 9.80. The molecule has 1 saturated carbocycles. The summed E-state index contributed by atoms with van der Waals surface area (Å²) in [4.78, 5) is 0. The van der Waals surface area contributed by atoms with Gasteiger partial charge in [0.25, 0.3) is 0 Å². The van der Waals surface area contributed by atoms with E-state index in [0.717, 1.165) is 6.42 Å². The average molecular weight is 194 g/mol. The summed E-state index contributed by atoms with van der Waals surface area (Å²) < 4.78 is 0. The van der Waals surface area contributed by atoms with Crippen LogP contribution < -0.4 is 0 Å². The molecule has 2 aliphatic carbocycles. The van der Waals surface area contributed by atoms with E-state index in [-0.39, 0.29) is 6.10 Å². The van der Waals surface area contributed by atoms with Crippen molar-refractivity contribution in [2.75, 3.05) is 0 Å². The van der Waals surface area contributed by atoms with Gasteiger partial charge in [0.05, 0.1) is 6.10 Å². The van der Waals surface area contributed by atoms with Crippen molar-refractivity contribution in [1.82, 2.24) is 0 Å². The van der Waals surface area contributed by atoms with Gasteiger partial charge in [-0.25, -0.2) is 0 Å². The molecular formula is C13H22O. The van der Waals surface area contributed by atoms with Crippen molar-refractivity contribution >= 4 is 0 Å². The van der Waals surface area contributed by atoms with Crippen molar-refractivity contribution in [3.05, 3.63) is 11.6 Å². The standard InChI is InChI=1S/C13H22O/c14-13(12-8-4-5-9-12)10-11-6-2-1-3-7-11/h6,12-14H,1-5,7-10H2. The fourth-order valence-corrected chi connectivity index (χ4v) is 2.87. The molecule has 1 N–H and O–H groups in total. The Balaban J connectivity index is 1.80. The van der Waals surface area contributed by atoms with E-state index in [9.17, 15) is 5.11 Å². The lowest BCUT2D eigenvalue weighted by Crippen LogP contribution is -2.18. The molecule has 2 aliphatic rings. The van der Waals surface area contributed by atoms with E-state index in [1.807, 2.05) is 0 Å². The summed E-state index contributed by atoms with van der Waals surface area (Å²) in [5.74, 6) is 0.609. The number of allylic oxidation sites excluding steroid dienone is 1. The second-order valence-electron chi connectivity index (χ2n) is 4.92. The van der Waals surface area contributed by atoms with E-state index in [2.05, 4.69) is 6.08 Å². The normalized spacial score (nSPS) is 26.2. The Hall–Kier alpha value is -0.300. The number of aliphatic hydroxyl groups excluding tert-OH is 1. The molecule has 1 nitrogen and oxygen atoms in total. The van der Waals surface area contributed by atoms with Crippen LogP contribution in [0, 0.1) is 5.92 Å². The third kappa shape index (κ3) is 2.60. The zero-order valence-electron chi connectivity index (χ0n) is 9.04. The highest BCUT2D eigenvalue weighted by atomic mass is 16.3. The first-order valence-corrected chi connectivity index (χ1v) is 6.22. The fourth-order valence-electron chi connectivity index (χ4n) is 2.87. The van der Waals surface area contributed by atoms with Crippen LogP contribution in [-0.4, -0.2) is 11.2 Å². The van der Waals surface area contributed by atoms with Gasteiger partial charge in [-0.05, 0) is 50.9 Å². The van der Waals surface area contributed by atoms with Crippen LogP contribution in [0.25, 0.3) is 0 Å². The zero-order valence-corrected chi connectivity index (χ0v) is 9.04. The third-order valence-corrected chi connectivity index (χ3v) is 3.80. The average Bonchev–Trinajstić information content (AvgIpc) is 2.72. The minimum atomic E-state index is -0.0400. The van der Waals surface area contributed by atoms with Crippen molar-refractivity contribution in [1.29, 1.82) is 0 Å². The molecule has 1 atom stereocenters. The van der Waals surface area contributed by atoms with Gasteiger partial charge in [-0.2, -0.15) is 0 Å². The molecule has 0 heterocycles.